The number of amides is 1. The second kappa shape index (κ2) is 6.33. The summed E-state index contributed by atoms with van der Waals surface area (Å²) in [5.74, 6) is 1.38. The van der Waals surface area contributed by atoms with Crippen LogP contribution in [0.4, 0.5) is 0 Å². The Bertz CT molecular complexity index is 489. The molecule has 0 spiro atoms. The Morgan fingerprint density at radius 1 is 1.40 bits per heavy atom. The smallest absolute Gasteiger partial charge is 0.253 e. The van der Waals surface area contributed by atoms with Crippen molar-refractivity contribution in [1.82, 2.24) is 10.2 Å². The van der Waals surface area contributed by atoms with Crippen LogP contribution in [0, 0.1) is 0 Å². The number of ether oxygens (including phenoxy) is 2. The lowest BCUT2D eigenvalue weighted by molar-refractivity contribution is 0.0783. The van der Waals surface area contributed by atoms with Gasteiger partial charge in [-0.1, -0.05) is 0 Å². The van der Waals surface area contributed by atoms with Gasteiger partial charge in [-0.3, -0.25) is 4.79 Å². The van der Waals surface area contributed by atoms with Crippen molar-refractivity contribution in [3.05, 3.63) is 23.8 Å². The van der Waals surface area contributed by atoms with Gasteiger partial charge < -0.3 is 19.7 Å². The summed E-state index contributed by atoms with van der Waals surface area (Å²) in [7, 11) is 1.84. The van der Waals surface area contributed by atoms with Gasteiger partial charge in [0.15, 0.2) is 11.5 Å². The molecule has 1 unspecified atom stereocenters. The largest absolute Gasteiger partial charge is 0.454 e. The molecule has 0 radical (unpaired) electrons. The van der Waals surface area contributed by atoms with Crippen molar-refractivity contribution in [2.24, 2.45) is 0 Å². The van der Waals surface area contributed by atoms with E-state index in [-0.39, 0.29) is 25.1 Å². The topological polar surface area (TPSA) is 50.8 Å². The molecule has 0 saturated carbocycles. The van der Waals surface area contributed by atoms with Gasteiger partial charge >= 0.3 is 0 Å². The van der Waals surface area contributed by atoms with Crippen LogP contribution in [0.3, 0.4) is 0 Å². The highest BCUT2D eigenvalue weighted by molar-refractivity contribution is 5.94. The van der Waals surface area contributed by atoms with Crippen molar-refractivity contribution in [3.63, 3.8) is 0 Å². The number of fused-ring (bicyclic) bond motifs is 1. The van der Waals surface area contributed by atoms with Crippen LogP contribution in [0.15, 0.2) is 18.2 Å². The molecule has 5 nitrogen and oxygen atoms in total. The van der Waals surface area contributed by atoms with Gasteiger partial charge in [0.2, 0.25) is 6.79 Å². The molecule has 1 aromatic carbocycles. The minimum Gasteiger partial charge on any atom is -0.454 e. The third-order valence-electron chi connectivity index (χ3n) is 3.62. The minimum atomic E-state index is 0. The van der Waals surface area contributed by atoms with E-state index in [1.54, 1.807) is 23.1 Å². The first-order chi connectivity index (χ1) is 9.24. The molecule has 1 amide bonds. The molecule has 1 saturated heterocycles. The summed E-state index contributed by atoms with van der Waals surface area (Å²) in [6, 6.07) is 5.75. The Morgan fingerprint density at radius 3 is 2.95 bits per heavy atom. The van der Waals surface area contributed by atoms with Gasteiger partial charge in [-0.15, -0.1) is 12.4 Å². The van der Waals surface area contributed by atoms with Crippen molar-refractivity contribution in [1.29, 1.82) is 0 Å². The zero-order valence-corrected chi connectivity index (χ0v) is 12.2. The SMILES string of the molecule is CN(CC1CCCN1)C(=O)c1ccc2c(c1)OCO2.Cl. The Hall–Kier alpha value is -1.46. The lowest BCUT2D eigenvalue weighted by Crippen LogP contribution is -2.38. The third kappa shape index (κ3) is 2.99. The number of likely N-dealkylation sites (N-methyl/N-ethyl adjacent to an activating group) is 1. The number of carbonyl (C=O) groups is 1. The van der Waals surface area contributed by atoms with Crippen molar-refractivity contribution >= 4 is 18.3 Å². The zero-order chi connectivity index (χ0) is 13.2. The molecule has 0 bridgehead atoms. The first-order valence-corrected chi connectivity index (χ1v) is 6.62. The van der Waals surface area contributed by atoms with Crippen LogP contribution < -0.4 is 14.8 Å². The Morgan fingerprint density at radius 2 is 2.20 bits per heavy atom. The normalized spacial score (nSPS) is 19.6. The van der Waals surface area contributed by atoms with E-state index in [0.29, 0.717) is 23.1 Å². The molecular weight excluding hydrogens is 280 g/mol. The number of hydrogen-bond acceptors (Lipinski definition) is 4. The molecule has 1 atom stereocenters. The van der Waals surface area contributed by atoms with Crippen LogP contribution in [0.25, 0.3) is 0 Å². The molecule has 3 rings (SSSR count). The van der Waals surface area contributed by atoms with Crippen LogP contribution >= 0.6 is 12.4 Å². The number of carbonyl (C=O) groups excluding carboxylic acids is 1. The van der Waals surface area contributed by atoms with Gasteiger partial charge in [0.1, 0.15) is 0 Å². The molecule has 2 aliphatic rings. The maximum atomic E-state index is 12.3. The van der Waals surface area contributed by atoms with E-state index < -0.39 is 0 Å². The van der Waals surface area contributed by atoms with Crippen LogP contribution in [-0.4, -0.2) is 43.8 Å². The number of rotatable bonds is 3. The quantitative estimate of drug-likeness (QED) is 0.922. The molecule has 6 heteroatoms. The summed E-state index contributed by atoms with van der Waals surface area (Å²) in [6.45, 7) is 2.03. The molecule has 20 heavy (non-hydrogen) atoms. The number of hydrogen-bond donors (Lipinski definition) is 1. The fraction of sp³-hybridized carbons (Fsp3) is 0.500. The summed E-state index contributed by atoms with van der Waals surface area (Å²) in [5, 5.41) is 3.40. The van der Waals surface area contributed by atoms with Crippen LogP contribution in [0.1, 0.15) is 23.2 Å². The first kappa shape index (κ1) is 14.9. The van der Waals surface area contributed by atoms with Crippen LogP contribution in [0.2, 0.25) is 0 Å². The lowest BCUT2D eigenvalue weighted by Gasteiger charge is -2.21. The molecule has 110 valence electrons. The summed E-state index contributed by atoms with van der Waals surface area (Å²) in [6.07, 6.45) is 2.33. The fourth-order valence-corrected chi connectivity index (χ4v) is 2.58. The maximum Gasteiger partial charge on any atom is 0.253 e. The Balaban J connectivity index is 0.00000147. The molecule has 1 fully saturated rings. The number of nitrogens with one attached hydrogen (secondary N) is 1. The summed E-state index contributed by atoms with van der Waals surface area (Å²) >= 11 is 0. The van der Waals surface area contributed by atoms with E-state index in [4.69, 9.17) is 9.47 Å². The number of benzene rings is 1. The molecule has 0 aliphatic carbocycles. The lowest BCUT2D eigenvalue weighted by atomic mass is 10.1. The van der Waals surface area contributed by atoms with E-state index in [2.05, 4.69) is 5.32 Å². The molecule has 1 aromatic rings. The highest BCUT2D eigenvalue weighted by Crippen LogP contribution is 2.32. The first-order valence-electron chi connectivity index (χ1n) is 6.62. The summed E-state index contributed by atoms with van der Waals surface area (Å²) in [5.41, 5.74) is 0.643. The van der Waals surface area contributed by atoms with Gasteiger partial charge in [-0.2, -0.15) is 0 Å². The standard InChI is InChI=1S/C14H18N2O3.ClH/c1-16(8-11-3-2-6-15-11)14(17)10-4-5-12-13(7-10)19-9-18-12;/h4-5,7,11,15H,2-3,6,8-9H2,1H3;1H. The average Bonchev–Trinajstić information content (AvgIpc) is 3.07. The highest BCUT2D eigenvalue weighted by atomic mass is 35.5. The zero-order valence-electron chi connectivity index (χ0n) is 11.4. The second-order valence-electron chi connectivity index (χ2n) is 5.05. The number of halogens is 1. The molecule has 0 aromatic heterocycles. The molecule has 1 N–H and O–H groups in total. The fourth-order valence-electron chi connectivity index (χ4n) is 2.58. The third-order valence-corrected chi connectivity index (χ3v) is 3.62. The number of nitrogens with zero attached hydrogens (tertiary/aromatic N) is 1. The van der Waals surface area contributed by atoms with E-state index in [1.165, 1.54) is 6.42 Å². The van der Waals surface area contributed by atoms with Crippen molar-refractivity contribution in [2.75, 3.05) is 26.9 Å². The Labute approximate surface area is 124 Å². The average molecular weight is 299 g/mol. The van der Waals surface area contributed by atoms with Gasteiger partial charge in [0.05, 0.1) is 0 Å². The minimum absolute atomic E-state index is 0. The van der Waals surface area contributed by atoms with Gasteiger partial charge in [-0.25, -0.2) is 0 Å². The summed E-state index contributed by atoms with van der Waals surface area (Å²) < 4.78 is 10.5. The van der Waals surface area contributed by atoms with E-state index in [1.807, 2.05) is 7.05 Å². The molecular formula is C14H19ClN2O3. The van der Waals surface area contributed by atoms with Gasteiger partial charge in [0.25, 0.3) is 5.91 Å². The second-order valence-corrected chi connectivity index (χ2v) is 5.05. The predicted molar refractivity (Wildman–Crippen MR) is 77.8 cm³/mol. The van der Waals surface area contributed by atoms with Crippen molar-refractivity contribution in [3.8, 4) is 11.5 Å². The van der Waals surface area contributed by atoms with Crippen LogP contribution in [0.5, 0.6) is 11.5 Å². The molecule has 2 heterocycles. The maximum absolute atomic E-state index is 12.3. The van der Waals surface area contributed by atoms with E-state index >= 15 is 0 Å². The predicted octanol–water partition coefficient (Wildman–Crippen LogP) is 1.66. The summed E-state index contributed by atoms with van der Waals surface area (Å²) in [4.78, 5) is 14.1. The monoisotopic (exact) mass is 298 g/mol. The van der Waals surface area contributed by atoms with E-state index in [9.17, 15) is 4.79 Å². The van der Waals surface area contributed by atoms with Crippen molar-refractivity contribution in [2.45, 2.75) is 18.9 Å². The Kier molecular flexibility index (Phi) is 4.73. The highest BCUT2D eigenvalue weighted by Gasteiger charge is 2.21. The van der Waals surface area contributed by atoms with Crippen LogP contribution in [-0.2, 0) is 0 Å². The van der Waals surface area contributed by atoms with Crippen molar-refractivity contribution < 1.29 is 14.3 Å². The van der Waals surface area contributed by atoms with Gasteiger partial charge in [0, 0.05) is 25.2 Å². The molecule has 2 aliphatic heterocycles. The van der Waals surface area contributed by atoms with E-state index in [0.717, 1.165) is 19.5 Å². The van der Waals surface area contributed by atoms with Gasteiger partial charge in [-0.05, 0) is 37.6 Å².